The molecule has 35 heavy (non-hydrogen) atoms. The number of hydrogen-bond acceptors (Lipinski definition) is 5. The van der Waals surface area contributed by atoms with Crippen molar-refractivity contribution in [3.63, 3.8) is 0 Å². The van der Waals surface area contributed by atoms with Crippen molar-refractivity contribution < 1.29 is 24.5 Å². The zero-order chi connectivity index (χ0) is 25.1. The second-order valence-electron chi connectivity index (χ2n) is 8.87. The van der Waals surface area contributed by atoms with E-state index in [2.05, 4.69) is 13.8 Å². The summed E-state index contributed by atoms with van der Waals surface area (Å²) in [5.41, 5.74) is 1.76. The van der Waals surface area contributed by atoms with Gasteiger partial charge in [0, 0.05) is 17.1 Å². The standard InChI is InChI=1S/C28H26ClNO5/c1-17(2)16-35-23-13-3-18(4-14-23)15-30-25(19-7-11-22(31)12-8-19)24(27(33)28(30)34)26(32)20-5-9-21(29)10-6-20/h3-14,17,25,31-32H,15-16H2,1-2H3/b26-24-. The van der Waals surface area contributed by atoms with E-state index in [0.29, 0.717) is 28.7 Å². The van der Waals surface area contributed by atoms with Crippen molar-refractivity contribution in [3.05, 3.63) is 100 Å². The van der Waals surface area contributed by atoms with Gasteiger partial charge in [0.2, 0.25) is 0 Å². The normalized spacial score (nSPS) is 17.3. The summed E-state index contributed by atoms with van der Waals surface area (Å²) in [5, 5.41) is 21.3. The fraction of sp³-hybridized carbons (Fsp3) is 0.214. The molecule has 3 aromatic carbocycles. The minimum atomic E-state index is -0.830. The predicted molar refractivity (Wildman–Crippen MR) is 134 cm³/mol. The van der Waals surface area contributed by atoms with Gasteiger partial charge in [-0.2, -0.15) is 0 Å². The van der Waals surface area contributed by atoms with Crippen LogP contribution in [0.2, 0.25) is 5.02 Å². The van der Waals surface area contributed by atoms with Crippen LogP contribution in [-0.2, 0) is 16.1 Å². The molecule has 1 unspecified atom stereocenters. The molecule has 0 aliphatic carbocycles. The molecule has 0 radical (unpaired) electrons. The lowest BCUT2D eigenvalue weighted by atomic mass is 9.95. The molecule has 1 heterocycles. The molecule has 0 aromatic heterocycles. The van der Waals surface area contributed by atoms with E-state index in [0.717, 1.165) is 11.3 Å². The third-order valence-corrected chi connectivity index (χ3v) is 5.98. The van der Waals surface area contributed by atoms with E-state index in [1.165, 1.54) is 17.0 Å². The maximum Gasteiger partial charge on any atom is 0.295 e. The number of likely N-dealkylation sites (tertiary alicyclic amines) is 1. The van der Waals surface area contributed by atoms with Crippen LogP contribution in [-0.4, -0.2) is 33.4 Å². The molecule has 6 nitrogen and oxygen atoms in total. The Hall–Kier alpha value is -3.77. The van der Waals surface area contributed by atoms with Crippen molar-refractivity contribution >= 4 is 29.1 Å². The number of amides is 1. The SMILES string of the molecule is CC(C)COc1ccc(CN2C(=O)C(=O)/C(=C(\O)c3ccc(Cl)cc3)C2c2ccc(O)cc2)cc1. The highest BCUT2D eigenvalue weighted by Crippen LogP contribution is 2.40. The van der Waals surface area contributed by atoms with Gasteiger partial charge < -0.3 is 19.8 Å². The van der Waals surface area contributed by atoms with Gasteiger partial charge in [0.25, 0.3) is 11.7 Å². The van der Waals surface area contributed by atoms with Crippen molar-refractivity contribution in [3.8, 4) is 11.5 Å². The Morgan fingerprint density at radius 3 is 2.20 bits per heavy atom. The number of aliphatic hydroxyl groups excluding tert-OH is 1. The van der Waals surface area contributed by atoms with E-state index in [9.17, 15) is 19.8 Å². The van der Waals surface area contributed by atoms with Gasteiger partial charge in [0.1, 0.15) is 17.3 Å². The number of aliphatic hydroxyl groups is 1. The van der Waals surface area contributed by atoms with Crippen LogP contribution in [0.15, 0.2) is 78.4 Å². The molecule has 7 heteroatoms. The minimum absolute atomic E-state index is 0.0140. The number of rotatable bonds is 7. The molecular weight excluding hydrogens is 466 g/mol. The number of halogens is 1. The fourth-order valence-corrected chi connectivity index (χ4v) is 4.09. The Balaban J connectivity index is 1.72. The molecule has 180 valence electrons. The van der Waals surface area contributed by atoms with Crippen LogP contribution >= 0.6 is 11.6 Å². The summed E-state index contributed by atoms with van der Waals surface area (Å²) in [6.07, 6.45) is 0. The van der Waals surface area contributed by atoms with Crippen molar-refractivity contribution in [2.24, 2.45) is 5.92 Å². The summed E-state index contributed by atoms with van der Waals surface area (Å²) < 4.78 is 5.73. The molecule has 1 aliphatic heterocycles. The molecule has 1 aliphatic rings. The van der Waals surface area contributed by atoms with Gasteiger partial charge in [0.15, 0.2) is 0 Å². The lowest BCUT2D eigenvalue weighted by Crippen LogP contribution is -2.29. The molecule has 1 atom stereocenters. The first kappa shape index (κ1) is 24.4. The maximum atomic E-state index is 13.1. The Bertz CT molecular complexity index is 1250. The molecule has 1 fully saturated rings. The van der Waals surface area contributed by atoms with E-state index in [-0.39, 0.29) is 23.6 Å². The number of Topliss-reactive ketones (excluding diaryl/α,β-unsaturated/α-hetero) is 1. The van der Waals surface area contributed by atoms with Gasteiger partial charge in [0.05, 0.1) is 18.2 Å². The van der Waals surface area contributed by atoms with Crippen molar-refractivity contribution in [1.29, 1.82) is 0 Å². The molecule has 3 aromatic rings. The molecule has 4 rings (SSSR count). The summed E-state index contributed by atoms with van der Waals surface area (Å²) in [5.74, 6) is -0.584. The third-order valence-electron chi connectivity index (χ3n) is 5.73. The number of carbonyl (C=O) groups excluding carboxylic acids is 2. The van der Waals surface area contributed by atoms with Crippen LogP contribution in [0.1, 0.15) is 36.6 Å². The van der Waals surface area contributed by atoms with E-state index in [1.54, 1.807) is 36.4 Å². The van der Waals surface area contributed by atoms with Gasteiger partial charge in [-0.3, -0.25) is 9.59 Å². The molecule has 0 saturated carbocycles. The second kappa shape index (κ2) is 10.2. The summed E-state index contributed by atoms with van der Waals surface area (Å²) in [4.78, 5) is 27.7. The zero-order valence-corrected chi connectivity index (χ0v) is 20.2. The number of ether oxygens (including phenoxy) is 1. The molecular formula is C28H26ClNO5. The van der Waals surface area contributed by atoms with E-state index in [4.69, 9.17) is 16.3 Å². The number of hydrogen-bond donors (Lipinski definition) is 2. The predicted octanol–water partition coefficient (Wildman–Crippen LogP) is 5.70. The number of carbonyl (C=O) groups is 2. The molecule has 0 bridgehead atoms. The van der Waals surface area contributed by atoms with E-state index < -0.39 is 17.7 Å². The van der Waals surface area contributed by atoms with Crippen molar-refractivity contribution in [2.45, 2.75) is 26.4 Å². The first-order chi connectivity index (χ1) is 16.7. The van der Waals surface area contributed by atoms with Crippen LogP contribution in [0, 0.1) is 5.92 Å². The monoisotopic (exact) mass is 491 g/mol. The topological polar surface area (TPSA) is 87.1 Å². The molecule has 2 N–H and O–H groups in total. The summed E-state index contributed by atoms with van der Waals surface area (Å²) in [7, 11) is 0. The van der Waals surface area contributed by atoms with Gasteiger partial charge in [-0.1, -0.05) is 49.7 Å². The molecule has 1 saturated heterocycles. The lowest BCUT2D eigenvalue weighted by molar-refractivity contribution is -0.140. The lowest BCUT2D eigenvalue weighted by Gasteiger charge is -2.25. The average molecular weight is 492 g/mol. The fourth-order valence-electron chi connectivity index (χ4n) is 3.96. The van der Waals surface area contributed by atoms with Gasteiger partial charge in [-0.05, 0) is 65.6 Å². The van der Waals surface area contributed by atoms with Gasteiger partial charge in [-0.15, -0.1) is 0 Å². The number of phenols is 1. The van der Waals surface area contributed by atoms with Crippen molar-refractivity contribution in [2.75, 3.05) is 6.61 Å². The van der Waals surface area contributed by atoms with Crippen LogP contribution in [0.25, 0.3) is 5.76 Å². The number of benzene rings is 3. The van der Waals surface area contributed by atoms with Crippen LogP contribution in [0.3, 0.4) is 0 Å². The average Bonchev–Trinajstić information content (AvgIpc) is 3.09. The summed E-state index contributed by atoms with van der Waals surface area (Å²) in [6.45, 7) is 4.88. The van der Waals surface area contributed by atoms with Crippen LogP contribution in [0.4, 0.5) is 0 Å². The Morgan fingerprint density at radius 2 is 1.60 bits per heavy atom. The molecule has 0 spiro atoms. The smallest absolute Gasteiger partial charge is 0.295 e. The summed E-state index contributed by atoms with van der Waals surface area (Å²) >= 11 is 5.97. The van der Waals surface area contributed by atoms with Crippen LogP contribution < -0.4 is 4.74 Å². The van der Waals surface area contributed by atoms with Crippen molar-refractivity contribution in [1.82, 2.24) is 4.90 Å². The van der Waals surface area contributed by atoms with Gasteiger partial charge >= 0.3 is 0 Å². The Kier molecular flexibility index (Phi) is 7.12. The number of ketones is 1. The third kappa shape index (κ3) is 5.33. The number of aromatic hydroxyl groups is 1. The number of phenolic OH excluding ortho intramolecular Hbond substituents is 1. The quantitative estimate of drug-likeness (QED) is 0.251. The maximum absolute atomic E-state index is 13.1. The first-order valence-corrected chi connectivity index (χ1v) is 11.7. The summed E-state index contributed by atoms with van der Waals surface area (Å²) in [6, 6.07) is 19.2. The largest absolute Gasteiger partial charge is 0.508 e. The minimum Gasteiger partial charge on any atom is -0.508 e. The van der Waals surface area contributed by atoms with E-state index >= 15 is 0 Å². The molecule has 1 amide bonds. The first-order valence-electron chi connectivity index (χ1n) is 11.3. The highest BCUT2D eigenvalue weighted by atomic mass is 35.5. The Labute approximate surface area is 209 Å². The zero-order valence-electron chi connectivity index (χ0n) is 19.4. The number of nitrogens with zero attached hydrogens (tertiary/aromatic N) is 1. The van der Waals surface area contributed by atoms with E-state index in [1.807, 2.05) is 24.3 Å². The highest BCUT2D eigenvalue weighted by molar-refractivity contribution is 6.46. The second-order valence-corrected chi connectivity index (χ2v) is 9.31. The highest BCUT2D eigenvalue weighted by Gasteiger charge is 2.46. The Morgan fingerprint density at radius 1 is 0.971 bits per heavy atom. The van der Waals surface area contributed by atoms with Gasteiger partial charge in [-0.25, -0.2) is 0 Å². The van der Waals surface area contributed by atoms with Crippen LogP contribution in [0.5, 0.6) is 11.5 Å².